The van der Waals surface area contributed by atoms with Gasteiger partial charge in [-0.1, -0.05) is 120 Å². The van der Waals surface area contributed by atoms with Gasteiger partial charge in [-0.2, -0.15) is 0 Å². The van der Waals surface area contributed by atoms with Crippen molar-refractivity contribution in [3.63, 3.8) is 0 Å². The molecular weight excluding hydrogens is 412 g/mol. The Kier molecular flexibility index (Phi) is 27.5. The van der Waals surface area contributed by atoms with E-state index in [0.29, 0.717) is 0 Å². The van der Waals surface area contributed by atoms with Crippen LogP contribution in [0.4, 0.5) is 0 Å². The molecule has 0 radical (unpaired) electrons. The first-order valence-electron chi connectivity index (χ1n) is 14.2. The second-order valence-electron chi connectivity index (χ2n) is 9.40. The molecule has 0 heterocycles. The Balaban J connectivity index is 3.16. The Bertz CT molecular complexity index is 616. The molecule has 0 spiro atoms. The van der Waals surface area contributed by atoms with Crippen molar-refractivity contribution in [1.82, 2.24) is 0 Å². The molecule has 0 saturated carbocycles. The normalized spacial score (nSPS) is 11.9. The lowest BCUT2D eigenvalue weighted by Crippen LogP contribution is -1.95. The summed E-state index contributed by atoms with van der Waals surface area (Å²) >= 11 is 0. The summed E-state index contributed by atoms with van der Waals surface area (Å²) in [5.41, 5.74) is 0. The maximum Gasteiger partial charge on any atom is 0.133 e. The zero-order valence-corrected chi connectivity index (χ0v) is 22.0. The van der Waals surface area contributed by atoms with Gasteiger partial charge in [0.25, 0.3) is 0 Å². The molecule has 190 valence electrons. The molecule has 34 heavy (non-hydrogen) atoms. The van der Waals surface area contributed by atoms with Crippen LogP contribution >= 0.6 is 0 Å². The summed E-state index contributed by atoms with van der Waals surface area (Å²) in [6, 6.07) is 0. The molecule has 0 aromatic carbocycles. The molecule has 0 saturated heterocycles. The Hall–Kier alpha value is -1.88. The summed E-state index contributed by atoms with van der Waals surface area (Å²) in [4.78, 5) is 0. The highest BCUT2D eigenvalue weighted by Crippen LogP contribution is 2.14. The SMILES string of the molecule is C#CC=CCCCCCCCCCCCCCCCCCCCC#CCCCC=CC(O)C#C. The van der Waals surface area contributed by atoms with Crippen molar-refractivity contribution >= 4 is 0 Å². The quantitative estimate of drug-likeness (QED) is 0.0907. The Morgan fingerprint density at radius 3 is 1.41 bits per heavy atom. The predicted molar refractivity (Wildman–Crippen MR) is 151 cm³/mol. The Morgan fingerprint density at radius 1 is 0.529 bits per heavy atom. The van der Waals surface area contributed by atoms with Crippen molar-refractivity contribution in [3.8, 4) is 36.5 Å². The van der Waals surface area contributed by atoms with Crippen LogP contribution < -0.4 is 0 Å². The van der Waals surface area contributed by atoms with E-state index in [1.54, 1.807) is 6.08 Å². The lowest BCUT2D eigenvalue weighted by Gasteiger charge is -2.03. The van der Waals surface area contributed by atoms with Crippen molar-refractivity contribution in [2.75, 3.05) is 0 Å². The highest BCUT2D eigenvalue weighted by Gasteiger charge is 1.95. The lowest BCUT2D eigenvalue weighted by atomic mass is 10.0. The summed E-state index contributed by atoms with van der Waals surface area (Å²) in [7, 11) is 0. The Morgan fingerprint density at radius 2 is 0.941 bits per heavy atom. The van der Waals surface area contributed by atoms with Gasteiger partial charge in [-0.05, 0) is 44.3 Å². The molecule has 0 fully saturated rings. The standard InChI is InChI=1S/C33H52O/c1-3-5-6-7-8-9-10-11-12-13-14-15-16-17-18-19-20-21-22-23-24-25-26-27-28-29-30-31-32-33(34)4-2/h1-2,5-6,31-34H,7-25,28-30H2. The molecule has 1 N–H and O–H groups in total. The fourth-order valence-corrected chi connectivity index (χ4v) is 4.04. The molecule has 0 amide bonds. The second kappa shape index (κ2) is 29.2. The predicted octanol–water partition coefficient (Wildman–Crippen LogP) is 9.31. The van der Waals surface area contributed by atoms with Crippen molar-refractivity contribution < 1.29 is 5.11 Å². The van der Waals surface area contributed by atoms with E-state index in [1.165, 1.54) is 109 Å². The van der Waals surface area contributed by atoms with E-state index in [2.05, 4.69) is 29.8 Å². The van der Waals surface area contributed by atoms with E-state index < -0.39 is 6.10 Å². The summed E-state index contributed by atoms with van der Waals surface area (Å²) in [5.74, 6) is 11.4. The molecule has 0 aliphatic carbocycles. The van der Waals surface area contributed by atoms with Gasteiger partial charge in [0.15, 0.2) is 0 Å². The van der Waals surface area contributed by atoms with Gasteiger partial charge < -0.3 is 5.11 Å². The van der Waals surface area contributed by atoms with E-state index in [4.69, 9.17) is 12.8 Å². The summed E-state index contributed by atoms with van der Waals surface area (Å²) in [6.45, 7) is 0. The largest absolute Gasteiger partial charge is 0.377 e. The summed E-state index contributed by atoms with van der Waals surface area (Å²) in [5, 5.41) is 9.20. The zero-order chi connectivity index (χ0) is 24.8. The van der Waals surface area contributed by atoms with Crippen LogP contribution in [0.2, 0.25) is 0 Å². The Labute approximate surface area is 213 Å². The summed E-state index contributed by atoms with van der Waals surface area (Å²) in [6.07, 6.45) is 45.8. The van der Waals surface area contributed by atoms with Gasteiger partial charge in [-0.25, -0.2) is 0 Å². The fraction of sp³-hybridized carbons (Fsp3) is 0.697. The number of terminal acetylenes is 2. The van der Waals surface area contributed by atoms with E-state index in [-0.39, 0.29) is 0 Å². The van der Waals surface area contributed by atoms with Crippen LogP contribution in [0.3, 0.4) is 0 Å². The van der Waals surface area contributed by atoms with Crippen LogP contribution in [0.15, 0.2) is 24.3 Å². The molecule has 0 rings (SSSR count). The molecular formula is C33H52O. The first kappa shape index (κ1) is 32.1. The van der Waals surface area contributed by atoms with Crippen LogP contribution in [-0.4, -0.2) is 11.2 Å². The molecule has 1 nitrogen and oxygen atoms in total. The molecule has 0 bridgehead atoms. The van der Waals surface area contributed by atoms with Crippen molar-refractivity contribution in [2.24, 2.45) is 0 Å². The number of unbranched alkanes of at least 4 members (excludes halogenated alkanes) is 20. The number of hydrogen-bond acceptors (Lipinski definition) is 1. The zero-order valence-electron chi connectivity index (χ0n) is 22.0. The molecule has 1 unspecified atom stereocenters. The molecule has 0 aromatic heterocycles. The number of aliphatic hydroxyl groups is 1. The van der Waals surface area contributed by atoms with Crippen LogP contribution in [0.1, 0.15) is 141 Å². The van der Waals surface area contributed by atoms with Crippen LogP contribution in [0.25, 0.3) is 0 Å². The highest BCUT2D eigenvalue weighted by atomic mass is 16.3. The maximum atomic E-state index is 9.20. The minimum absolute atomic E-state index is 0.745. The van der Waals surface area contributed by atoms with Crippen LogP contribution in [0.5, 0.6) is 0 Å². The monoisotopic (exact) mass is 464 g/mol. The minimum atomic E-state index is -0.745. The van der Waals surface area contributed by atoms with Crippen LogP contribution in [-0.2, 0) is 0 Å². The van der Waals surface area contributed by atoms with E-state index in [9.17, 15) is 5.11 Å². The van der Waals surface area contributed by atoms with E-state index >= 15 is 0 Å². The van der Waals surface area contributed by atoms with Crippen LogP contribution in [0, 0.1) is 36.5 Å². The van der Waals surface area contributed by atoms with E-state index in [1.807, 2.05) is 12.2 Å². The number of aliphatic hydroxyl groups excluding tert-OH is 1. The highest BCUT2D eigenvalue weighted by molar-refractivity contribution is 5.08. The minimum Gasteiger partial charge on any atom is -0.377 e. The van der Waals surface area contributed by atoms with Gasteiger partial charge >= 0.3 is 0 Å². The average Bonchev–Trinajstić information content (AvgIpc) is 2.85. The summed E-state index contributed by atoms with van der Waals surface area (Å²) < 4.78 is 0. The number of rotatable bonds is 23. The van der Waals surface area contributed by atoms with Gasteiger partial charge in [0.2, 0.25) is 0 Å². The van der Waals surface area contributed by atoms with Gasteiger partial charge in [0, 0.05) is 12.8 Å². The molecule has 0 aliphatic rings. The molecule has 0 aromatic rings. The first-order valence-corrected chi connectivity index (χ1v) is 14.2. The van der Waals surface area contributed by atoms with Crippen molar-refractivity contribution in [2.45, 2.75) is 147 Å². The average molecular weight is 465 g/mol. The molecule has 1 heteroatoms. The van der Waals surface area contributed by atoms with Gasteiger partial charge in [-0.3, -0.25) is 0 Å². The van der Waals surface area contributed by atoms with Crippen molar-refractivity contribution in [3.05, 3.63) is 24.3 Å². The third kappa shape index (κ3) is 28.2. The van der Waals surface area contributed by atoms with Gasteiger partial charge in [0.05, 0.1) is 0 Å². The van der Waals surface area contributed by atoms with Crippen molar-refractivity contribution in [1.29, 1.82) is 0 Å². The van der Waals surface area contributed by atoms with Gasteiger partial charge in [-0.15, -0.1) is 24.7 Å². The maximum absolute atomic E-state index is 9.20. The molecule has 1 atom stereocenters. The number of allylic oxidation sites excluding steroid dienone is 3. The van der Waals surface area contributed by atoms with Gasteiger partial charge in [0.1, 0.15) is 6.10 Å². The molecule has 0 aliphatic heterocycles. The topological polar surface area (TPSA) is 20.2 Å². The smallest absolute Gasteiger partial charge is 0.133 e. The fourth-order valence-electron chi connectivity index (χ4n) is 4.04. The van der Waals surface area contributed by atoms with E-state index in [0.717, 1.165) is 32.1 Å². The lowest BCUT2D eigenvalue weighted by molar-refractivity contribution is 0.280. The third-order valence-corrected chi connectivity index (χ3v) is 6.17. The second-order valence-corrected chi connectivity index (χ2v) is 9.40. The number of hydrogen-bond donors (Lipinski definition) is 1. The third-order valence-electron chi connectivity index (χ3n) is 6.17. The first-order chi connectivity index (χ1) is 16.8.